The average molecular weight is 298 g/mol. The molecule has 1 heterocycles. The van der Waals surface area contributed by atoms with Gasteiger partial charge in [0.05, 0.1) is 4.92 Å². The lowest BCUT2D eigenvalue weighted by molar-refractivity contribution is -0.384. The Bertz CT molecular complexity index is 712. The van der Waals surface area contributed by atoms with Gasteiger partial charge >= 0.3 is 6.09 Å². The van der Waals surface area contributed by atoms with Crippen LogP contribution < -0.4 is 4.74 Å². The van der Waals surface area contributed by atoms with Gasteiger partial charge in [-0.05, 0) is 29.7 Å². The van der Waals surface area contributed by atoms with Crippen molar-refractivity contribution in [2.24, 2.45) is 0 Å². The lowest BCUT2D eigenvalue weighted by Crippen LogP contribution is -2.37. The zero-order chi connectivity index (χ0) is 15.5. The molecule has 0 bridgehead atoms. The monoisotopic (exact) mass is 298 g/mol. The number of benzene rings is 2. The van der Waals surface area contributed by atoms with Gasteiger partial charge in [0.15, 0.2) is 0 Å². The van der Waals surface area contributed by atoms with E-state index in [0.29, 0.717) is 18.8 Å². The standard InChI is InChI=1S/C16H14N2O4/c19-16(22-15-7-5-14(6-8-15)18(20)21)17-10-9-12-3-1-2-4-13(12)11-17/h1-8H,9-11H2. The van der Waals surface area contributed by atoms with E-state index in [1.54, 1.807) is 4.90 Å². The fourth-order valence-electron chi connectivity index (χ4n) is 2.45. The van der Waals surface area contributed by atoms with Crippen molar-refractivity contribution in [1.29, 1.82) is 0 Å². The zero-order valence-corrected chi connectivity index (χ0v) is 11.8. The zero-order valence-electron chi connectivity index (χ0n) is 11.8. The molecule has 0 N–H and O–H groups in total. The first-order chi connectivity index (χ1) is 10.6. The van der Waals surface area contributed by atoms with Crippen molar-refractivity contribution in [2.45, 2.75) is 13.0 Å². The molecule has 0 aliphatic carbocycles. The van der Waals surface area contributed by atoms with Crippen molar-refractivity contribution in [3.05, 3.63) is 69.8 Å². The molecular weight excluding hydrogens is 284 g/mol. The normalized spacial score (nSPS) is 13.4. The minimum absolute atomic E-state index is 0.0355. The van der Waals surface area contributed by atoms with E-state index in [1.807, 2.05) is 18.2 Å². The number of carbonyl (C=O) groups is 1. The molecule has 0 radical (unpaired) electrons. The largest absolute Gasteiger partial charge is 0.415 e. The summed E-state index contributed by atoms with van der Waals surface area (Å²) in [6, 6.07) is 13.5. The number of carbonyl (C=O) groups excluding carboxylic acids is 1. The highest BCUT2D eigenvalue weighted by Gasteiger charge is 2.22. The van der Waals surface area contributed by atoms with Crippen LogP contribution in [0.25, 0.3) is 0 Å². The smallest absolute Gasteiger partial charge is 0.410 e. The van der Waals surface area contributed by atoms with Crippen LogP contribution in [0.5, 0.6) is 5.75 Å². The molecular formula is C16H14N2O4. The number of rotatable bonds is 2. The second kappa shape index (κ2) is 5.85. The van der Waals surface area contributed by atoms with Crippen molar-refractivity contribution in [3.8, 4) is 5.75 Å². The molecule has 2 aromatic carbocycles. The van der Waals surface area contributed by atoms with E-state index in [-0.39, 0.29) is 5.69 Å². The molecule has 112 valence electrons. The van der Waals surface area contributed by atoms with Gasteiger partial charge in [0.1, 0.15) is 5.75 Å². The molecule has 6 heteroatoms. The van der Waals surface area contributed by atoms with Crippen LogP contribution in [0.4, 0.5) is 10.5 Å². The maximum Gasteiger partial charge on any atom is 0.415 e. The Morgan fingerprint density at radius 3 is 2.45 bits per heavy atom. The second-order valence-corrected chi connectivity index (χ2v) is 5.06. The minimum Gasteiger partial charge on any atom is -0.410 e. The van der Waals surface area contributed by atoms with Crippen molar-refractivity contribution < 1.29 is 14.5 Å². The maximum absolute atomic E-state index is 12.2. The van der Waals surface area contributed by atoms with Gasteiger partial charge in [-0.3, -0.25) is 10.1 Å². The molecule has 22 heavy (non-hydrogen) atoms. The third kappa shape index (κ3) is 2.90. The third-order valence-corrected chi connectivity index (χ3v) is 3.64. The molecule has 0 spiro atoms. The molecule has 3 rings (SSSR count). The van der Waals surface area contributed by atoms with Gasteiger partial charge in [0, 0.05) is 25.2 Å². The minimum atomic E-state index is -0.493. The topological polar surface area (TPSA) is 72.7 Å². The summed E-state index contributed by atoms with van der Waals surface area (Å²) in [5.74, 6) is 0.300. The van der Waals surface area contributed by atoms with Crippen molar-refractivity contribution in [1.82, 2.24) is 4.90 Å². The molecule has 0 aromatic heterocycles. The van der Waals surface area contributed by atoms with Gasteiger partial charge < -0.3 is 9.64 Å². The number of non-ortho nitro benzene ring substituents is 1. The summed E-state index contributed by atoms with van der Waals surface area (Å²) in [5.41, 5.74) is 2.34. The summed E-state index contributed by atoms with van der Waals surface area (Å²) in [7, 11) is 0. The summed E-state index contributed by atoms with van der Waals surface area (Å²) in [6.07, 6.45) is 0.356. The van der Waals surface area contributed by atoms with E-state index in [9.17, 15) is 14.9 Å². The Balaban J connectivity index is 1.66. The van der Waals surface area contributed by atoms with Crippen LogP contribution in [-0.2, 0) is 13.0 Å². The summed E-state index contributed by atoms with van der Waals surface area (Å²) in [4.78, 5) is 23.9. The Hall–Kier alpha value is -2.89. The Labute approximate surface area is 127 Å². The fraction of sp³-hybridized carbons (Fsp3) is 0.188. The second-order valence-electron chi connectivity index (χ2n) is 5.06. The van der Waals surface area contributed by atoms with Gasteiger partial charge in [-0.25, -0.2) is 4.79 Å². The Kier molecular flexibility index (Phi) is 3.74. The molecule has 1 aliphatic heterocycles. The van der Waals surface area contributed by atoms with Crippen LogP contribution in [0.3, 0.4) is 0 Å². The molecule has 0 atom stereocenters. The van der Waals surface area contributed by atoms with Crippen molar-refractivity contribution in [2.75, 3.05) is 6.54 Å². The lowest BCUT2D eigenvalue weighted by atomic mass is 10.0. The van der Waals surface area contributed by atoms with Crippen molar-refractivity contribution in [3.63, 3.8) is 0 Å². The average Bonchev–Trinajstić information content (AvgIpc) is 2.55. The number of nitro benzene ring substituents is 1. The molecule has 1 amide bonds. The van der Waals surface area contributed by atoms with E-state index in [1.165, 1.54) is 29.8 Å². The SMILES string of the molecule is O=C(Oc1ccc([N+](=O)[O-])cc1)N1CCc2ccccc2C1. The maximum atomic E-state index is 12.2. The number of hydrogen-bond donors (Lipinski definition) is 0. The van der Waals surface area contributed by atoms with Gasteiger partial charge in [-0.1, -0.05) is 24.3 Å². The fourth-order valence-corrected chi connectivity index (χ4v) is 2.45. The van der Waals surface area contributed by atoms with Gasteiger partial charge in [0.25, 0.3) is 5.69 Å². The van der Waals surface area contributed by atoms with E-state index in [2.05, 4.69) is 6.07 Å². The molecule has 0 saturated heterocycles. The van der Waals surface area contributed by atoms with Crippen LogP contribution in [0, 0.1) is 10.1 Å². The van der Waals surface area contributed by atoms with Crippen LogP contribution in [0.2, 0.25) is 0 Å². The summed E-state index contributed by atoms with van der Waals surface area (Å²) < 4.78 is 5.27. The van der Waals surface area contributed by atoms with Gasteiger partial charge in [-0.15, -0.1) is 0 Å². The summed E-state index contributed by atoms with van der Waals surface area (Å²) >= 11 is 0. The Morgan fingerprint density at radius 1 is 1.09 bits per heavy atom. The number of hydrogen-bond acceptors (Lipinski definition) is 4. The number of nitrogens with zero attached hydrogens (tertiary/aromatic N) is 2. The van der Waals surface area contributed by atoms with Crippen LogP contribution in [-0.4, -0.2) is 22.5 Å². The predicted octanol–water partition coefficient (Wildman–Crippen LogP) is 3.15. The van der Waals surface area contributed by atoms with Crippen LogP contribution in [0.1, 0.15) is 11.1 Å². The molecule has 6 nitrogen and oxygen atoms in total. The van der Waals surface area contributed by atoms with Crippen molar-refractivity contribution >= 4 is 11.8 Å². The highest BCUT2D eigenvalue weighted by Crippen LogP contribution is 2.21. The lowest BCUT2D eigenvalue weighted by Gasteiger charge is -2.27. The van der Waals surface area contributed by atoms with E-state index in [4.69, 9.17) is 4.74 Å². The van der Waals surface area contributed by atoms with E-state index in [0.717, 1.165) is 12.0 Å². The third-order valence-electron chi connectivity index (χ3n) is 3.64. The first-order valence-corrected chi connectivity index (χ1v) is 6.91. The quantitative estimate of drug-likeness (QED) is 0.630. The molecule has 2 aromatic rings. The first-order valence-electron chi connectivity index (χ1n) is 6.91. The first kappa shape index (κ1) is 14.1. The molecule has 1 aliphatic rings. The summed E-state index contributed by atoms with van der Waals surface area (Å²) in [6.45, 7) is 1.12. The molecule has 0 fully saturated rings. The van der Waals surface area contributed by atoms with Crippen LogP contribution in [0.15, 0.2) is 48.5 Å². The van der Waals surface area contributed by atoms with Gasteiger partial charge in [-0.2, -0.15) is 0 Å². The number of amides is 1. The summed E-state index contributed by atoms with van der Waals surface area (Å²) in [5, 5.41) is 10.6. The van der Waals surface area contributed by atoms with Gasteiger partial charge in [0.2, 0.25) is 0 Å². The number of ether oxygens (including phenoxy) is 1. The van der Waals surface area contributed by atoms with E-state index < -0.39 is 11.0 Å². The predicted molar refractivity (Wildman–Crippen MR) is 79.7 cm³/mol. The highest BCUT2D eigenvalue weighted by molar-refractivity contribution is 5.71. The number of nitro groups is 1. The van der Waals surface area contributed by atoms with E-state index >= 15 is 0 Å². The molecule has 0 saturated carbocycles. The van der Waals surface area contributed by atoms with Crippen LogP contribution >= 0.6 is 0 Å². The molecule has 0 unspecified atom stereocenters. The number of fused-ring (bicyclic) bond motifs is 1. The Morgan fingerprint density at radius 2 is 1.77 bits per heavy atom. The highest BCUT2D eigenvalue weighted by atomic mass is 16.6.